The van der Waals surface area contributed by atoms with E-state index in [0.29, 0.717) is 0 Å². The Morgan fingerprint density at radius 1 is 1.25 bits per heavy atom. The van der Waals surface area contributed by atoms with E-state index in [9.17, 15) is 4.79 Å². The molecule has 2 nitrogen and oxygen atoms in total. The lowest BCUT2D eigenvalue weighted by Gasteiger charge is -2.24. The Morgan fingerprint density at radius 2 is 1.81 bits per heavy atom. The molecule has 0 heterocycles. The zero-order valence-corrected chi connectivity index (χ0v) is 10.6. The van der Waals surface area contributed by atoms with Crippen LogP contribution < -0.4 is 5.32 Å². The molecule has 88 valence electrons. The molecule has 16 heavy (non-hydrogen) atoms. The number of carbonyl (C=O) groups is 1. The third kappa shape index (κ3) is 3.69. The third-order valence-corrected chi connectivity index (χ3v) is 2.42. The van der Waals surface area contributed by atoms with E-state index in [1.165, 1.54) is 0 Å². The van der Waals surface area contributed by atoms with Gasteiger partial charge in [0.25, 0.3) is 0 Å². The first-order valence-electron chi connectivity index (χ1n) is 5.81. The molecule has 1 aromatic carbocycles. The predicted molar refractivity (Wildman–Crippen MR) is 67.4 cm³/mol. The molecule has 0 aromatic heterocycles. The maximum Gasteiger partial charge on any atom is 0.227 e. The minimum atomic E-state index is -0.167. The van der Waals surface area contributed by atoms with Crippen LogP contribution in [0.1, 0.15) is 45.6 Å². The molecule has 0 saturated carbocycles. The van der Waals surface area contributed by atoms with E-state index in [2.05, 4.69) is 5.32 Å². The van der Waals surface area contributed by atoms with Crippen LogP contribution in [0.3, 0.4) is 0 Å². The molecular formula is C14H21NO. The topological polar surface area (TPSA) is 29.1 Å². The van der Waals surface area contributed by atoms with Crippen LogP contribution in [-0.4, -0.2) is 11.4 Å². The second kappa shape index (κ2) is 5.15. The van der Waals surface area contributed by atoms with Gasteiger partial charge in [0, 0.05) is 5.54 Å². The molecule has 1 rings (SSSR count). The van der Waals surface area contributed by atoms with Crippen molar-refractivity contribution in [3.8, 4) is 0 Å². The van der Waals surface area contributed by atoms with Gasteiger partial charge in [0.1, 0.15) is 0 Å². The number of carbonyl (C=O) groups excluding carboxylic acids is 1. The van der Waals surface area contributed by atoms with Crippen molar-refractivity contribution in [2.45, 2.75) is 45.6 Å². The average molecular weight is 219 g/mol. The average Bonchev–Trinajstić information content (AvgIpc) is 2.17. The van der Waals surface area contributed by atoms with Crippen molar-refractivity contribution in [1.82, 2.24) is 5.32 Å². The predicted octanol–water partition coefficient (Wildman–Crippen LogP) is 3.09. The lowest BCUT2D eigenvalue weighted by atomic mass is 9.94. The molecule has 0 fully saturated rings. The molecule has 0 aliphatic rings. The van der Waals surface area contributed by atoms with Gasteiger partial charge in [-0.3, -0.25) is 4.79 Å². The second-order valence-electron chi connectivity index (χ2n) is 5.11. The molecule has 1 amide bonds. The second-order valence-corrected chi connectivity index (χ2v) is 5.11. The van der Waals surface area contributed by atoms with Gasteiger partial charge in [0.2, 0.25) is 5.91 Å². The summed E-state index contributed by atoms with van der Waals surface area (Å²) in [6.45, 7) is 8.05. The maximum atomic E-state index is 12.1. The van der Waals surface area contributed by atoms with Crippen LogP contribution in [0.5, 0.6) is 0 Å². The molecule has 1 aromatic rings. The summed E-state index contributed by atoms with van der Waals surface area (Å²) in [5.74, 6) is 0.0709. The van der Waals surface area contributed by atoms with Crippen LogP contribution >= 0.6 is 0 Å². The van der Waals surface area contributed by atoms with E-state index in [0.717, 1.165) is 12.0 Å². The van der Waals surface area contributed by atoms with Crippen molar-refractivity contribution in [2.75, 3.05) is 0 Å². The molecule has 0 radical (unpaired) electrons. The van der Waals surface area contributed by atoms with Crippen LogP contribution in [0.25, 0.3) is 0 Å². The van der Waals surface area contributed by atoms with Crippen molar-refractivity contribution in [3.05, 3.63) is 35.9 Å². The minimum Gasteiger partial charge on any atom is -0.351 e. The minimum absolute atomic E-state index is 0.0413. The molecular weight excluding hydrogens is 198 g/mol. The summed E-state index contributed by atoms with van der Waals surface area (Å²) in [7, 11) is 0. The molecule has 1 atom stereocenters. The van der Waals surface area contributed by atoms with Gasteiger partial charge in [-0.05, 0) is 32.8 Å². The summed E-state index contributed by atoms with van der Waals surface area (Å²) in [5, 5.41) is 3.03. The molecule has 0 spiro atoms. The van der Waals surface area contributed by atoms with Gasteiger partial charge in [-0.2, -0.15) is 0 Å². The lowest BCUT2D eigenvalue weighted by Crippen LogP contribution is -2.43. The standard InChI is InChI=1S/C14H21NO/c1-5-12(11-9-7-6-8-10-11)13(16)15-14(2,3)4/h6-10,12H,5H2,1-4H3,(H,15,16). The SMILES string of the molecule is CCC(C(=O)NC(C)(C)C)c1ccccc1. The highest BCUT2D eigenvalue weighted by Gasteiger charge is 2.22. The van der Waals surface area contributed by atoms with Crippen LogP contribution in [0.4, 0.5) is 0 Å². The zero-order chi connectivity index (χ0) is 12.2. The summed E-state index contributed by atoms with van der Waals surface area (Å²) in [5.41, 5.74) is 0.922. The van der Waals surface area contributed by atoms with E-state index >= 15 is 0 Å². The van der Waals surface area contributed by atoms with Crippen LogP contribution in [-0.2, 0) is 4.79 Å². The summed E-state index contributed by atoms with van der Waals surface area (Å²) in [4.78, 5) is 12.1. The smallest absolute Gasteiger partial charge is 0.227 e. The Hall–Kier alpha value is -1.31. The molecule has 0 aliphatic carbocycles. The van der Waals surface area contributed by atoms with Gasteiger partial charge < -0.3 is 5.32 Å². The van der Waals surface area contributed by atoms with E-state index in [1.807, 2.05) is 58.0 Å². The maximum absolute atomic E-state index is 12.1. The number of hydrogen-bond donors (Lipinski definition) is 1. The van der Waals surface area contributed by atoms with Gasteiger partial charge in [-0.1, -0.05) is 37.3 Å². The molecule has 0 saturated heterocycles. The van der Waals surface area contributed by atoms with Gasteiger partial charge in [-0.25, -0.2) is 0 Å². The summed E-state index contributed by atoms with van der Waals surface area (Å²) in [6, 6.07) is 9.94. The first-order valence-corrected chi connectivity index (χ1v) is 5.81. The summed E-state index contributed by atoms with van der Waals surface area (Å²) < 4.78 is 0. The molecule has 0 aliphatic heterocycles. The lowest BCUT2D eigenvalue weighted by molar-refractivity contribution is -0.124. The summed E-state index contributed by atoms with van der Waals surface area (Å²) >= 11 is 0. The van der Waals surface area contributed by atoms with E-state index in [1.54, 1.807) is 0 Å². The van der Waals surface area contributed by atoms with Crippen LogP contribution in [0.2, 0.25) is 0 Å². The quantitative estimate of drug-likeness (QED) is 0.831. The monoisotopic (exact) mass is 219 g/mol. The van der Waals surface area contributed by atoms with Gasteiger partial charge in [0.15, 0.2) is 0 Å². The van der Waals surface area contributed by atoms with Crippen LogP contribution in [0.15, 0.2) is 30.3 Å². The third-order valence-electron chi connectivity index (χ3n) is 2.42. The molecule has 1 N–H and O–H groups in total. The number of benzene rings is 1. The fraction of sp³-hybridized carbons (Fsp3) is 0.500. The molecule has 2 heteroatoms. The van der Waals surface area contributed by atoms with Crippen molar-refractivity contribution in [3.63, 3.8) is 0 Å². The molecule has 0 bridgehead atoms. The Morgan fingerprint density at radius 3 is 2.25 bits per heavy atom. The van der Waals surface area contributed by atoms with Gasteiger partial charge in [0.05, 0.1) is 5.92 Å². The largest absolute Gasteiger partial charge is 0.351 e. The number of nitrogens with one attached hydrogen (secondary N) is 1. The number of amides is 1. The fourth-order valence-corrected chi connectivity index (χ4v) is 1.71. The normalized spacial score (nSPS) is 13.2. The first-order chi connectivity index (χ1) is 7.44. The zero-order valence-electron chi connectivity index (χ0n) is 10.6. The first kappa shape index (κ1) is 12.8. The van der Waals surface area contributed by atoms with Crippen molar-refractivity contribution < 1.29 is 4.79 Å². The Labute approximate surface area is 98.1 Å². The number of hydrogen-bond acceptors (Lipinski definition) is 1. The number of rotatable bonds is 3. The van der Waals surface area contributed by atoms with Crippen molar-refractivity contribution in [2.24, 2.45) is 0 Å². The highest BCUT2D eigenvalue weighted by atomic mass is 16.2. The Balaban J connectivity index is 2.80. The van der Waals surface area contributed by atoms with Crippen molar-refractivity contribution in [1.29, 1.82) is 0 Å². The highest BCUT2D eigenvalue weighted by molar-refractivity contribution is 5.84. The fourth-order valence-electron chi connectivity index (χ4n) is 1.71. The Kier molecular flexibility index (Phi) is 4.11. The molecule has 1 unspecified atom stereocenters. The van der Waals surface area contributed by atoms with Crippen molar-refractivity contribution >= 4 is 5.91 Å². The summed E-state index contributed by atoms with van der Waals surface area (Å²) in [6.07, 6.45) is 0.825. The van der Waals surface area contributed by atoms with E-state index in [-0.39, 0.29) is 17.4 Å². The van der Waals surface area contributed by atoms with E-state index < -0.39 is 0 Å². The van der Waals surface area contributed by atoms with Gasteiger partial charge >= 0.3 is 0 Å². The van der Waals surface area contributed by atoms with E-state index in [4.69, 9.17) is 0 Å². The highest BCUT2D eigenvalue weighted by Crippen LogP contribution is 2.20. The van der Waals surface area contributed by atoms with Gasteiger partial charge in [-0.15, -0.1) is 0 Å². The van der Waals surface area contributed by atoms with Crippen LogP contribution in [0, 0.1) is 0 Å². The Bertz CT molecular complexity index is 338.